The van der Waals surface area contributed by atoms with Crippen LogP contribution < -0.4 is 10.6 Å². The summed E-state index contributed by atoms with van der Waals surface area (Å²) >= 11 is 0. The molecule has 9 nitrogen and oxygen atoms in total. The van der Waals surface area contributed by atoms with E-state index in [9.17, 15) is 19.2 Å². The monoisotopic (exact) mass is 378 g/mol. The van der Waals surface area contributed by atoms with Crippen LogP contribution in [-0.4, -0.2) is 60.3 Å². The minimum absolute atomic E-state index is 0.173. The summed E-state index contributed by atoms with van der Waals surface area (Å²) in [7, 11) is 0. The molecule has 27 heavy (non-hydrogen) atoms. The highest BCUT2D eigenvalue weighted by Crippen LogP contribution is 2.22. The van der Waals surface area contributed by atoms with Gasteiger partial charge in [0.15, 0.2) is 12.2 Å². The molecular weight excluding hydrogens is 356 g/mol. The van der Waals surface area contributed by atoms with Crippen molar-refractivity contribution in [2.75, 3.05) is 13.2 Å². The maximum atomic E-state index is 12.4. The highest BCUT2D eigenvalue weighted by molar-refractivity contribution is 5.95. The fourth-order valence-electron chi connectivity index (χ4n) is 2.36. The van der Waals surface area contributed by atoms with Gasteiger partial charge in [0, 0.05) is 6.42 Å². The number of esters is 1. The second-order valence-corrected chi connectivity index (χ2v) is 6.00. The van der Waals surface area contributed by atoms with Gasteiger partial charge in [0.25, 0.3) is 5.91 Å². The summed E-state index contributed by atoms with van der Waals surface area (Å²) in [4.78, 5) is 46.9. The molecule has 2 rings (SSSR count). The molecule has 0 spiro atoms. The zero-order chi connectivity index (χ0) is 19.8. The van der Waals surface area contributed by atoms with E-state index in [4.69, 9.17) is 14.6 Å². The van der Waals surface area contributed by atoms with Crippen molar-refractivity contribution in [2.24, 2.45) is 0 Å². The third-order valence-corrected chi connectivity index (χ3v) is 3.78. The highest BCUT2D eigenvalue weighted by atomic mass is 16.6. The molecule has 9 heteroatoms. The lowest BCUT2D eigenvalue weighted by atomic mass is 10.0. The minimum Gasteiger partial charge on any atom is -0.479 e. The SMILES string of the molecule is CCCOC(=O)CNC(=O)[C@H](Cc1ccccc1)NC(=O)[C@H]1O[C@@H]1C(=O)O. The zero-order valence-electron chi connectivity index (χ0n) is 14.8. The van der Waals surface area contributed by atoms with Crippen molar-refractivity contribution in [1.29, 1.82) is 0 Å². The molecule has 0 aliphatic carbocycles. The number of hydrogen-bond donors (Lipinski definition) is 3. The van der Waals surface area contributed by atoms with Crippen LogP contribution in [0.3, 0.4) is 0 Å². The molecule has 2 amide bonds. The minimum atomic E-state index is -1.24. The van der Waals surface area contributed by atoms with Crippen LogP contribution in [0.1, 0.15) is 18.9 Å². The summed E-state index contributed by atoms with van der Waals surface area (Å²) in [5.41, 5.74) is 0.790. The van der Waals surface area contributed by atoms with E-state index in [1.807, 2.05) is 13.0 Å². The molecule has 1 fully saturated rings. The van der Waals surface area contributed by atoms with Gasteiger partial charge in [-0.3, -0.25) is 14.4 Å². The molecule has 1 heterocycles. The summed E-state index contributed by atoms with van der Waals surface area (Å²) in [6, 6.07) is 7.98. The molecule has 1 aromatic carbocycles. The first-order valence-electron chi connectivity index (χ1n) is 8.58. The molecule has 1 aliphatic heterocycles. The van der Waals surface area contributed by atoms with Gasteiger partial charge in [0.2, 0.25) is 5.91 Å². The Labute approximate surface area is 156 Å². The van der Waals surface area contributed by atoms with Crippen LogP contribution in [-0.2, 0) is 35.1 Å². The number of carbonyl (C=O) groups is 4. The molecule has 1 aliphatic rings. The highest BCUT2D eigenvalue weighted by Gasteiger charge is 2.51. The lowest BCUT2D eigenvalue weighted by Crippen LogP contribution is -2.50. The van der Waals surface area contributed by atoms with Crippen molar-refractivity contribution in [3.8, 4) is 0 Å². The molecule has 146 valence electrons. The van der Waals surface area contributed by atoms with Crippen LogP contribution >= 0.6 is 0 Å². The number of rotatable bonds is 10. The normalized spacial score (nSPS) is 18.9. The van der Waals surface area contributed by atoms with E-state index >= 15 is 0 Å². The Bertz CT molecular complexity index is 692. The van der Waals surface area contributed by atoms with Crippen LogP contribution in [0.25, 0.3) is 0 Å². The number of carboxylic acid groups (broad SMARTS) is 1. The first-order chi connectivity index (χ1) is 12.9. The number of carbonyl (C=O) groups excluding carboxylic acids is 3. The first kappa shape index (κ1) is 20.4. The van der Waals surface area contributed by atoms with Crippen LogP contribution in [0, 0.1) is 0 Å². The molecule has 0 saturated carbocycles. The Morgan fingerprint density at radius 1 is 1.19 bits per heavy atom. The van der Waals surface area contributed by atoms with Gasteiger partial charge in [-0.1, -0.05) is 37.3 Å². The predicted octanol–water partition coefficient (Wildman–Crippen LogP) is -0.365. The summed E-state index contributed by atoms with van der Waals surface area (Å²) < 4.78 is 9.68. The van der Waals surface area contributed by atoms with Gasteiger partial charge in [-0.2, -0.15) is 0 Å². The topological polar surface area (TPSA) is 134 Å². The summed E-state index contributed by atoms with van der Waals surface area (Å²) in [5.74, 6) is -3.08. The molecule has 0 bridgehead atoms. The van der Waals surface area contributed by atoms with E-state index < -0.39 is 42.0 Å². The van der Waals surface area contributed by atoms with E-state index in [0.717, 1.165) is 5.56 Å². The Kier molecular flexibility index (Phi) is 7.30. The number of amides is 2. The Hall–Kier alpha value is -2.94. The van der Waals surface area contributed by atoms with Crippen LogP contribution in [0.2, 0.25) is 0 Å². The second kappa shape index (κ2) is 9.67. The maximum Gasteiger partial charge on any atom is 0.336 e. The zero-order valence-corrected chi connectivity index (χ0v) is 14.8. The Morgan fingerprint density at radius 3 is 2.48 bits per heavy atom. The van der Waals surface area contributed by atoms with Crippen molar-refractivity contribution in [3.05, 3.63) is 35.9 Å². The van der Waals surface area contributed by atoms with Gasteiger partial charge in [0.1, 0.15) is 12.6 Å². The standard InChI is InChI=1S/C18H22N2O7/c1-2-8-26-13(21)10-19-16(22)12(9-11-6-4-3-5-7-11)20-17(23)14-15(27-14)18(24)25/h3-7,12,14-15H,2,8-10H2,1H3,(H,19,22)(H,20,23)(H,24,25)/t12-,14-,15-/m0/s1. The number of nitrogens with one attached hydrogen (secondary N) is 2. The smallest absolute Gasteiger partial charge is 0.336 e. The molecule has 0 aromatic heterocycles. The number of hydrogen-bond acceptors (Lipinski definition) is 6. The van der Waals surface area contributed by atoms with Gasteiger partial charge in [-0.25, -0.2) is 4.79 Å². The number of ether oxygens (including phenoxy) is 2. The van der Waals surface area contributed by atoms with Crippen molar-refractivity contribution in [2.45, 2.75) is 38.0 Å². The number of carboxylic acids is 1. The molecule has 1 saturated heterocycles. The van der Waals surface area contributed by atoms with Gasteiger partial charge in [0.05, 0.1) is 6.61 Å². The predicted molar refractivity (Wildman–Crippen MR) is 92.6 cm³/mol. The van der Waals surface area contributed by atoms with E-state index in [1.54, 1.807) is 24.3 Å². The van der Waals surface area contributed by atoms with E-state index in [0.29, 0.717) is 6.42 Å². The maximum absolute atomic E-state index is 12.4. The lowest BCUT2D eigenvalue weighted by molar-refractivity contribution is -0.144. The van der Waals surface area contributed by atoms with Crippen LogP contribution in [0.15, 0.2) is 30.3 Å². The van der Waals surface area contributed by atoms with Crippen molar-refractivity contribution < 1.29 is 33.8 Å². The fraction of sp³-hybridized carbons (Fsp3) is 0.444. The van der Waals surface area contributed by atoms with E-state index in [-0.39, 0.29) is 19.6 Å². The molecular formula is C18H22N2O7. The first-order valence-corrected chi connectivity index (χ1v) is 8.58. The average Bonchev–Trinajstić information content (AvgIpc) is 3.46. The van der Waals surface area contributed by atoms with Crippen molar-refractivity contribution in [3.63, 3.8) is 0 Å². The molecule has 3 atom stereocenters. The summed E-state index contributed by atoms with van der Waals surface area (Å²) in [6.07, 6.45) is -1.48. The molecule has 1 aromatic rings. The van der Waals surface area contributed by atoms with Crippen molar-refractivity contribution in [1.82, 2.24) is 10.6 Å². The quantitative estimate of drug-likeness (QED) is 0.374. The fourth-order valence-corrected chi connectivity index (χ4v) is 2.36. The molecule has 0 radical (unpaired) electrons. The summed E-state index contributed by atoms with van der Waals surface area (Å²) in [6.45, 7) is 1.79. The Balaban J connectivity index is 1.96. The second-order valence-electron chi connectivity index (χ2n) is 6.00. The molecule has 3 N–H and O–H groups in total. The van der Waals surface area contributed by atoms with Gasteiger partial charge < -0.3 is 25.2 Å². The largest absolute Gasteiger partial charge is 0.479 e. The van der Waals surface area contributed by atoms with Gasteiger partial charge in [-0.15, -0.1) is 0 Å². The van der Waals surface area contributed by atoms with Crippen LogP contribution in [0.5, 0.6) is 0 Å². The molecule has 0 unspecified atom stereocenters. The van der Waals surface area contributed by atoms with Crippen molar-refractivity contribution >= 4 is 23.8 Å². The third kappa shape index (κ3) is 6.37. The average molecular weight is 378 g/mol. The number of aliphatic carboxylic acids is 1. The van der Waals surface area contributed by atoms with E-state index in [1.165, 1.54) is 0 Å². The number of epoxide rings is 1. The Morgan fingerprint density at radius 2 is 1.89 bits per heavy atom. The number of benzene rings is 1. The van der Waals surface area contributed by atoms with Gasteiger partial charge >= 0.3 is 11.9 Å². The lowest BCUT2D eigenvalue weighted by Gasteiger charge is -2.18. The van der Waals surface area contributed by atoms with Gasteiger partial charge in [-0.05, 0) is 12.0 Å². The van der Waals surface area contributed by atoms with Crippen LogP contribution in [0.4, 0.5) is 0 Å². The van der Waals surface area contributed by atoms with E-state index in [2.05, 4.69) is 10.6 Å². The third-order valence-electron chi connectivity index (χ3n) is 3.78. The summed E-state index contributed by atoms with van der Waals surface area (Å²) in [5, 5.41) is 13.7.